The highest BCUT2D eigenvalue weighted by Gasteiger charge is 1.88. The van der Waals surface area contributed by atoms with Crippen LogP contribution in [0, 0.1) is 0 Å². The molecule has 0 N–H and O–H groups in total. The normalized spacial score (nSPS) is 11.5. The minimum absolute atomic E-state index is 0.937. The number of aromatic nitrogens is 1. The van der Waals surface area contributed by atoms with E-state index >= 15 is 0 Å². The van der Waals surface area contributed by atoms with Crippen LogP contribution in [0.25, 0.3) is 12.2 Å². The van der Waals surface area contributed by atoms with Crippen molar-refractivity contribution in [3.05, 3.63) is 41.0 Å². The zero-order valence-electron chi connectivity index (χ0n) is 6.49. The maximum Gasteiger partial charge on any atom is 0.0629 e. The van der Waals surface area contributed by atoms with Crippen LogP contribution in [0.1, 0.15) is 11.4 Å². The Hall–Kier alpha value is -0.936. The molecule has 0 fully saturated rings. The van der Waals surface area contributed by atoms with Crippen LogP contribution in [0.15, 0.2) is 29.6 Å². The van der Waals surface area contributed by atoms with Gasteiger partial charge in [-0.1, -0.05) is 17.5 Å². The summed E-state index contributed by atoms with van der Waals surface area (Å²) in [6.45, 7) is 0. The molecule has 0 saturated heterocycles. The number of hydrogen-bond acceptors (Lipinski definition) is 1. The molecular weight excluding hydrogens is 178 g/mol. The second-order valence-corrected chi connectivity index (χ2v) is 2.82. The summed E-state index contributed by atoms with van der Waals surface area (Å²) >= 11 is 0. The average Bonchev–Trinajstić information content (AvgIpc) is 2.06. The first-order valence-electron chi connectivity index (χ1n) is 3.51. The summed E-state index contributed by atoms with van der Waals surface area (Å²) in [5.74, 6) is 0. The molecule has 0 amide bonds. The first kappa shape index (κ1) is 9.15. The maximum absolute atomic E-state index is 4.32. The van der Waals surface area contributed by atoms with E-state index in [1.54, 1.807) is 11.4 Å². The van der Waals surface area contributed by atoms with Crippen molar-refractivity contribution in [2.24, 2.45) is 0 Å². The lowest BCUT2D eigenvalue weighted by molar-refractivity contribution is 1.27. The second kappa shape index (κ2) is 4.84. The Bertz CT molecular complexity index is 278. The van der Waals surface area contributed by atoms with E-state index in [-0.39, 0.29) is 0 Å². The Morgan fingerprint density at radius 2 is 1.50 bits per heavy atom. The smallest absolute Gasteiger partial charge is 0.0629 e. The van der Waals surface area contributed by atoms with Gasteiger partial charge in [-0.3, -0.25) is 0 Å². The Balaban J connectivity index is 2.95. The van der Waals surface area contributed by atoms with Crippen molar-refractivity contribution in [2.45, 2.75) is 0 Å². The predicted molar refractivity (Wildman–Crippen MR) is 53.8 cm³/mol. The van der Waals surface area contributed by atoms with E-state index in [2.05, 4.69) is 25.5 Å². The van der Waals surface area contributed by atoms with Crippen molar-refractivity contribution in [3.8, 4) is 0 Å². The van der Waals surface area contributed by atoms with E-state index < -0.39 is 0 Å². The van der Waals surface area contributed by atoms with Gasteiger partial charge in [0.05, 0.1) is 31.9 Å². The third-order valence-corrected chi connectivity index (χ3v) is 1.63. The quantitative estimate of drug-likeness (QED) is 0.634. The Morgan fingerprint density at radius 3 is 1.92 bits per heavy atom. The van der Waals surface area contributed by atoms with Gasteiger partial charge in [-0.05, 0) is 24.3 Å². The third kappa shape index (κ3) is 2.60. The molecule has 56 valence electrons. The highest BCUT2D eigenvalue weighted by atomic mass is 28.1. The molecule has 0 spiro atoms. The second-order valence-electron chi connectivity index (χ2n) is 2.15. The first-order valence-corrected chi connectivity index (χ1v) is 4.67. The summed E-state index contributed by atoms with van der Waals surface area (Å²) in [6, 6.07) is 5.86. The Labute approximate surface area is 79.1 Å². The molecule has 0 unspecified atom stereocenters. The molecule has 0 aromatic carbocycles. The van der Waals surface area contributed by atoms with Crippen LogP contribution in [0.5, 0.6) is 0 Å². The molecule has 1 aromatic heterocycles. The van der Waals surface area contributed by atoms with Crippen molar-refractivity contribution in [3.63, 3.8) is 0 Å². The van der Waals surface area contributed by atoms with Gasteiger partial charge >= 0.3 is 0 Å². The minimum Gasteiger partial charge on any atom is -0.249 e. The van der Waals surface area contributed by atoms with Crippen LogP contribution in [0.2, 0.25) is 0 Å². The predicted octanol–water partition coefficient (Wildman–Crippen LogP) is 1.36. The molecule has 0 saturated carbocycles. The summed E-state index contributed by atoms with van der Waals surface area (Å²) in [6.07, 6.45) is 3.78. The molecule has 1 heterocycles. The average molecular weight is 185 g/mol. The van der Waals surface area contributed by atoms with Crippen molar-refractivity contribution in [2.75, 3.05) is 0 Å². The molecule has 0 aliphatic rings. The molecule has 1 nitrogen and oxygen atoms in total. The minimum atomic E-state index is 0.937. The molecule has 6 radical (unpaired) electrons. The van der Waals surface area contributed by atoms with Crippen molar-refractivity contribution in [1.29, 1.82) is 0 Å². The van der Waals surface area contributed by atoms with Gasteiger partial charge in [0.2, 0.25) is 0 Å². The van der Waals surface area contributed by atoms with Crippen molar-refractivity contribution < 1.29 is 0 Å². The summed E-state index contributed by atoms with van der Waals surface area (Å²) in [4.78, 5) is 4.32. The van der Waals surface area contributed by atoms with E-state index in [4.69, 9.17) is 0 Å². The van der Waals surface area contributed by atoms with E-state index in [0.29, 0.717) is 0 Å². The molecule has 12 heavy (non-hydrogen) atoms. The largest absolute Gasteiger partial charge is 0.249 e. The van der Waals surface area contributed by atoms with Gasteiger partial charge in [-0.15, -0.1) is 0 Å². The van der Waals surface area contributed by atoms with E-state index in [1.807, 2.05) is 30.4 Å². The van der Waals surface area contributed by atoms with Crippen molar-refractivity contribution in [1.82, 2.24) is 4.98 Å². The fourth-order valence-corrected chi connectivity index (χ4v) is 1.17. The molecule has 0 aliphatic heterocycles. The lowest BCUT2D eigenvalue weighted by atomic mass is 10.3. The van der Waals surface area contributed by atoms with Crippen molar-refractivity contribution >= 4 is 32.6 Å². The number of pyridine rings is 1. The van der Waals surface area contributed by atoms with Crippen LogP contribution in [-0.4, -0.2) is 25.5 Å². The van der Waals surface area contributed by atoms with E-state index in [9.17, 15) is 0 Å². The van der Waals surface area contributed by atoms with Gasteiger partial charge in [0, 0.05) is 0 Å². The topological polar surface area (TPSA) is 12.9 Å². The molecule has 0 bridgehead atoms. The Kier molecular flexibility index (Phi) is 3.70. The molecule has 1 rings (SSSR count). The van der Waals surface area contributed by atoms with Gasteiger partial charge in [0.25, 0.3) is 0 Å². The van der Waals surface area contributed by atoms with E-state index in [1.165, 1.54) is 0 Å². The number of nitrogens with zero attached hydrogens (tertiary/aromatic N) is 1. The van der Waals surface area contributed by atoms with Crippen LogP contribution in [0.3, 0.4) is 0 Å². The summed E-state index contributed by atoms with van der Waals surface area (Å²) < 4.78 is 0. The lowest BCUT2D eigenvalue weighted by Crippen LogP contribution is -1.83. The van der Waals surface area contributed by atoms with Gasteiger partial charge in [-0.2, -0.15) is 0 Å². The molecule has 1 aromatic rings. The molecular formula is C9H7NSi2. The van der Waals surface area contributed by atoms with Gasteiger partial charge in [0.1, 0.15) is 0 Å². The highest BCUT2D eigenvalue weighted by Crippen LogP contribution is 2.02. The monoisotopic (exact) mass is 185 g/mol. The molecule has 0 atom stereocenters. The zero-order valence-corrected chi connectivity index (χ0v) is 8.49. The SMILES string of the molecule is [Si]/C=C/c1cccc(/C=C/[Si])n1. The third-order valence-electron chi connectivity index (χ3n) is 1.30. The van der Waals surface area contributed by atoms with E-state index in [0.717, 1.165) is 11.4 Å². The fourth-order valence-electron chi connectivity index (χ4n) is 0.825. The van der Waals surface area contributed by atoms with Crippen LogP contribution >= 0.6 is 0 Å². The fraction of sp³-hybridized carbons (Fsp3) is 0. The maximum atomic E-state index is 4.32. The van der Waals surface area contributed by atoms with Gasteiger partial charge in [0.15, 0.2) is 0 Å². The Morgan fingerprint density at radius 1 is 1.00 bits per heavy atom. The lowest BCUT2D eigenvalue weighted by Gasteiger charge is -1.94. The highest BCUT2D eigenvalue weighted by molar-refractivity contribution is 6.19. The summed E-state index contributed by atoms with van der Waals surface area (Å²) in [5.41, 5.74) is 5.44. The van der Waals surface area contributed by atoms with Crippen LogP contribution in [-0.2, 0) is 0 Å². The summed E-state index contributed by atoms with van der Waals surface area (Å²) in [7, 11) is 6.49. The summed E-state index contributed by atoms with van der Waals surface area (Å²) in [5, 5.41) is 0. The zero-order chi connectivity index (χ0) is 8.81. The van der Waals surface area contributed by atoms with Crippen LogP contribution in [0.4, 0.5) is 0 Å². The molecule has 3 heteroatoms. The van der Waals surface area contributed by atoms with Gasteiger partial charge < -0.3 is 0 Å². The van der Waals surface area contributed by atoms with Gasteiger partial charge in [-0.25, -0.2) is 4.98 Å². The number of rotatable bonds is 2. The number of hydrogen-bond donors (Lipinski definition) is 0. The molecule has 0 aliphatic carbocycles. The first-order chi connectivity index (χ1) is 5.86. The van der Waals surface area contributed by atoms with Crippen LogP contribution < -0.4 is 0 Å². The standard InChI is InChI=1S/C9H7NSi2/c11-6-4-8-2-1-3-9(10-8)5-7-12/h1-7H/b6-4+,7-5+.